The van der Waals surface area contributed by atoms with Crippen LogP contribution in [0.15, 0.2) is 24.3 Å². The maximum Gasteiger partial charge on any atom is 0.357 e. The van der Waals surface area contributed by atoms with Crippen LogP contribution in [-0.2, 0) is 26.5 Å². The highest BCUT2D eigenvalue weighted by molar-refractivity contribution is 5.99. The molecule has 2 aromatic rings. The fraction of sp³-hybridized carbons (Fsp3) is 0.667. The minimum Gasteiger partial charge on any atom is -0.428 e. The van der Waals surface area contributed by atoms with Gasteiger partial charge in [-0.3, -0.25) is 14.2 Å². The summed E-state index contributed by atoms with van der Waals surface area (Å²) >= 11 is 0. The lowest BCUT2D eigenvalue weighted by Gasteiger charge is -2.36. The lowest BCUT2D eigenvalue weighted by molar-refractivity contribution is -0.143. The number of nitrogens with zero attached hydrogens (tertiary/aromatic N) is 2. The quantitative estimate of drug-likeness (QED) is 0.340. The van der Waals surface area contributed by atoms with Crippen LogP contribution in [0.4, 0.5) is 8.78 Å². The van der Waals surface area contributed by atoms with Crippen LogP contribution in [0.2, 0.25) is 0 Å². The number of rotatable bonds is 8. The number of likely N-dealkylation sites (tertiary alicyclic amines) is 1. The Morgan fingerprint density at radius 2 is 1.71 bits per heavy atom. The van der Waals surface area contributed by atoms with Crippen molar-refractivity contribution < 1.29 is 27.9 Å². The van der Waals surface area contributed by atoms with Crippen molar-refractivity contribution in [1.82, 2.24) is 9.47 Å². The van der Waals surface area contributed by atoms with Gasteiger partial charge in [-0.2, -0.15) is 0 Å². The molecule has 0 unspecified atom stereocenters. The van der Waals surface area contributed by atoms with E-state index >= 15 is 0 Å². The van der Waals surface area contributed by atoms with E-state index in [0.29, 0.717) is 29.3 Å². The second kappa shape index (κ2) is 11.5. The molecule has 3 fully saturated rings. The van der Waals surface area contributed by atoms with Crippen LogP contribution in [0.25, 0.3) is 10.9 Å². The molecule has 0 spiro atoms. The molecule has 6 nitrogen and oxygen atoms in total. The standard InChI is InChI=1S/C33H42F2N2O4/c1-2-21-8-11-24(12-9-21)31(39)36-15-14-26(23-6-4-3-5-7-23)30(36)29(38)17-22-10-13-27-25(16-22)18-28-32(40)41-33(19-34,20-35)37(27)28/h10,13,16,18,21,23-24,26,30H,2-9,11-12,14-15,17,19-20H2,1H3/t21?,24?,26-,30-/m0/s1. The molecule has 4 aliphatic rings. The fourth-order valence-corrected chi connectivity index (χ4v) is 8.33. The van der Waals surface area contributed by atoms with Gasteiger partial charge >= 0.3 is 5.97 Å². The molecule has 1 aromatic heterocycles. The molecule has 8 heteroatoms. The molecule has 1 aromatic carbocycles. The van der Waals surface area contributed by atoms with Crippen molar-refractivity contribution in [3.05, 3.63) is 35.5 Å². The zero-order valence-electron chi connectivity index (χ0n) is 24.1. The van der Waals surface area contributed by atoms with Crippen molar-refractivity contribution in [1.29, 1.82) is 0 Å². The monoisotopic (exact) mass is 568 g/mol. The summed E-state index contributed by atoms with van der Waals surface area (Å²) in [7, 11) is 0. The van der Waals surface area contributed by atoms with E-state index in [1.54, 1.807) is 18.2 Å². The average molecular weight is 569 g/mol. The highest BCUT2D eigenvalue weighted by atomic mass is 19.1. The van der Waals surface area contributed by atoms with Crippen LogP contribution in [0.5, 0.6) is 0 Å². The molecule has 0 N–H and O–H groups in total. The van der Waals surface area contributed by atoms with Crippen molar-refractivity contribution in [3.8, 4) is 0 Å². The van der Waals surface area contributed by atoms with Crippen LogP contribution in [0.3, 0.4) is 0 Å². The van der Waals surface area contributed by atoms with Gasteiger partial charge in [-0.05, 0) is 73.6 Å². The number of alkyl halides is 2. The first kappa shape index (κ1) is 28.4. The Bertz CT molecular complexity index is 1300. The summed E-state index contributed by atoms with van der Waals surface area (Å²) in [5.41, 5.74) is -0.588. The van der Waals surface area contributed by atoms with Gasteiger partial charge in [0, 0.05) is 24.3 Å². The molecule has 222 valence electrons. The second-order valence-corrected chi connectivity index (χ2v) is 13.0. The Labute approximate surface area is 240 Å². The Morgan fingerprint density at radius 1 is 0.976 bits per heavy atom. The molecule has 1 amide bonds. The zero-order valence-corrected chi connectivity index (χ0v) is 24.1. The number of ketones is 1. The Morgan fingerprint density at radius 3 is 2.39 bits per heavy atom. The maximum atomic E-state index is 14.1. The van der Waals surface area contributed by atoms with Gasteiger partial charge < -0.3 is 9.64 Å². The van der Waals surface area contributed by atoms with Crippen molar-refractivity contribution in [3.63, 3.8) is 0 Å². The maximum absolute atomic E-state index is 14.1. The van der Waals surface area contributed by atoms with Crippen LogP contribution >= 0.6 is 0 Å². The Kier molecular flexibility index (Phi) is 7.94. The molecule has 2 aliphatic carbocycles. The highest BCUT2D eigenvalue weighted by Crippen LogP contribution is 2.42. The molecule has 2 atom stereocenters. The molecule has 0 bridgehead atoms. The van der Waals surface area contributed by atoms with E-state index in [1.807, 2.05) is 11.0 Å². The number of benzene rings is 1. The predicted octanol–water partition coefficient (Wildman–Crippen LogP) is 6.53. The number of fused-ring (bicyclic) bond motifs is 3. The summed E-state index contributed by atoms with van der Waals surface area (Å²) in [4.78, 5) is 42.3. The number of carbonyl (C=O) groups excluding carboxylic acids is 3. The third kappa shape index (κ3) is 4.99. The average Bonchev–Trinajstić information content (AvgIpc) is 3.69. The van der Waals surface area contributed by atoms with Crippen LogP contribution in [-0.4, -0.2) is 53.1 Å². The van der Waals surface area contributed by atoms with Gasteiger partial charge in [0.05, 0.1) is 11.6 Å². The van der Waals surface area contributed by atoms with Crippen molar-refractivity contribution in [2.24, 2.45) is 23.7 Å². The number of Topliss-reactive ketones (excluding diaryl/α,β-unsaturated/α-hetero) is 1. The Hall–Kier alpha value is -2.77. The van der Waals surface area contributed by atoms with Gasteiger partial charge in [-0.15, -0.1) is 0 Å². The van der Waals surface area contributed by atoms with Crippen LogP contribution in [0.1, 0.15) is 93.6 Å². The van der Waals surface area contributed by atoms with E-state index < -0.39 is 31.1 Å². The minimum atomic E-state index is -1.97. The van der Waals surface area contributed by atoms with E-state index in [-0.39, 0.29) is 35.6 Å². The molecule has 3 heterocycles. The third-order valence-corrected chi connectivity index (χ3v) is 10.6. The molecular formula is C33H42F2N2O4. The first-order chi connectivity index (χ1) is 19.9. The fourth-order valence-electron chi connectivity index (χ4n) is 8.33. The first-order valence-corrected chi connectivity index (χ1v) is 15.7. The van der Waals surface area contributed by atoms with Gasteiger partial charge in [0.25, 0.3) is 0 Å². The third-order valence-electron chi connectivity index (χ3n) is 10.6. The normalized spacial score (nSPS) is 28.2. The smallest absolute Gasteiger partial charge is 0.357 e. The number of hydrogen-bond acceptors (Lipinski definition) is 4. The SMILES string of the molecule is CCC1CCC(C(=O)N2CC[C@@H](C3CCCCC3)[C@H]2C(=O)Cc2ccc3c(c2)cc2n3C(CF)(CF)OC2=O)CC1. The summed E-state index contributed by atoms with van der Waals surface area (Å²) in [6.07, 6.45) is 12.1. The minimum absolute atomic E-state index is 0.0179. The number of esters is 1. The summed E-state index contributed by atoms with van der Waals surface area (Å²) in [6.45, 7) is 0.549. The van der Waals surface area contributed by atoms with E-state index in [1.165, 1.54) is 23.8 Å². The lowest BCUT2D eigenvalue weighted by atomic mass is 9.75. The molecular weight excluding hydrogens is 526 g/mol. The molecule has 0 radical (unpaired) electrons. The van der Waals surface area contributed by atoms with Gasteiger partial charge in [0.15, 0.2) is 19.1 Å². The molecule has 2 aliphatic heterocycles. The van der Waals surface area contributed by atoms with E-state index in [4.69, 9.17) is 4.74 Å². The van der Waals surface area contributed by atoms with Gasteiger partial charge in [-0.25, -0.2) is 13.6 Å². The van der Waals surface area contributed by atoms with Crippen molar-refractivity contribution >= 4 is 28.6 Å². The summed E-state index contributed by atoms with van der Waals surface area (Å²) in [5, 5.41) is 0.643. The van der Waals surface area contributed by atoms with Crippen LogP contribution < -0.4 is 0 Å². The van der Waals surface area contributed by atoms with Gasteiger partial charge in [0.2, 0.25) is 11.6 Å². The highest BCUT2D eigenvalue weighted by Gasteiger charge is 2.48. The summed E-state index contributed by atoms with van der Waals surface area (Å²) < 4.78 is 34.2. The van der Waals surface area contributed by atoms with E-state index in [9.17, 15) is 23.2 Å². The second-order valence-electron chi connectivity index (χ2n) is 13.0. The van der Waals surface area contributed by atoms with Gasteiger partial charge in [0.1, 0.15) is 5.69 Å². The van der Waals surface area contributed by atoms with Gasteiger partial charge in [-0.1, -0.05) is 51.5 Å². The number of carbonyl (C=O) groups is 3. The zero-order chi connectivity index (χ0) is 28.7. The first-order valence-electron chi connectivity index (χ1n) is 15.7. The van der Waals surface area contributed by atoms with Crippen molar-refractivity contribution in [2.75, 3.05) is 19.9 Å². The summed E-state index contributed by atoms with van der Waals surface area (Å²) in [6, 6.07) is 6.52. The lowest BCUT2D eigenvalue weighted by Crippen LogP contribution is -2.48. The number of amides is 1. The molecule has 1 saturated heterocycles. The molecule has 6 rings (SSSR count). The number of aromatic nitrogens is 1. The topological polar surface area (TPSA) is 68.6 Å². The van der Waals surface area contributed by atoms with Crippen molar-refractivity contribution in [2.45, 2.75) is 95.7 Å². The van der Waals surface area contributed by atoms with E-state index in [2.05, 4.69) is 6.92 Å². The molecule has 41 heavy (non-hydrogen) atoms. The van der Waals surface area contributed by atoms with E-state index in [0.717, 1.165) is 56.9 Å². The van der Waals surface area contributed by atoms with Crippen LogP contribution in [0, 0.1) is 23.7 Å². The number of cyclic esters (lactones) is 1. The summed E-state index contributed by atoms with van der Waals surface area (Å²) in [5.74, 6) is 0.886. The number of halogens is 2. The number of hydrogen-bond donors (Lipinski definition) is 0. The largest absolute Gasteiger partial charge is 0.428 e. The Balaban J connectivity index is 1.25. The number of ether oxygens (including phenoxy) is 1. The molecule has 2 saturated carbocycles. The predicted molar refractivity (Wildman–Crippen MR) is 152 cm³/mol.